The average Bonchev–Trinajstić information content (AvgIpc) is 2.59. The van der Waals surface area contributed by atoms with Gasteiger partial charge in [0.25, 0.3) is 0 Å². The minimum absolute atomic E-state index is 0. The topological polar surface area (TPSA) is 0 Å². The van der Waals surface area contributed by atoms with Gasteiger partial charge in [0.05, 0.1) is 39.3 Å². The summed E-state index contributed by atoms with van der Waals surface area (Å²) in [5.74, 6) is 0. The van der Waals surface area contributed by atoms with E-state index < -0.39 is 0 Å². The molecule has 0 aromatic heterocycles. The minimum Gasteiger partial charge on any atom is -1.00 e. The molecule has 1 rings (SSSR count). The standard InChI is InChI=1S/C20H38N2.2HI/c1-7-21(8-2,9-3)17-19-13-15-20(16-14-19)18-22(10-4,11-5)12-6;;/h13-16H,7-12,17-18H2,1-6H3;2*1H/q+2;;/p-2. The number of rotatable bonds is 10. The largest absolute Gasteiger partial charge is 1.00 e. The third-order valence-electron chi connectivity index (χ3n) is 6.08. The molecule has 0 aliphatic rings. The van der Waals surface area contributed by atoms with Crippen LogP contribution in [0.25, 0.3) is 0 Å². The average molecular weight is 560 g/mol. The molecule has 0 fully saturated rings. The van der Waals surface area contributed by atoms with Gasteiger partial charge in [0, 0.05) is 11.1 Å². The summed E-state index contributed by atoms with van der Waals surface area (Å²) in [7, 11) is 0. The molecule has 142 valence electrons. The van der Waals surface area contributed by atoms with Gasteiger partial charge in [-0.1, -0.05) is 24.3 Å². The van der Waals surface area contributed by atoms with Crippen molar-refractivity contribution in [1.82, 2.24) is 0 Å². The van der Waals surface area contributed by atoms with Crippen LogP contribution in [0, 0.1) is 0 Å². The first kappa shape index (κ1) is 26.8. The molecule has 0 radical (unpaired) electrons. The first-order valence-corrected chi connectivity index (χ1v) is 9.30. The Labute approximate surface area is 185 Å². The van der Waals surface area contributed by atoms with Crippen LogP contribution in [0.2, 0.25) is 0 Å². The van der Waals surface area contributed by atoms with Crippen LogP contribution in [0.5, 0.6) is 0 Å². The normalized spacial score (nSPS) is 11.6. The summed E-state index contributed by atoms with van der Waals surface area (Å²) in [4.78, 5) is 0. The highest BCUT2D eigenvalue weighted by molar-refractivity contribution is 5.21. The fourth-order valence-corrected chi connectivity index (χ4v) is 3.54. The Morgan fingerprint density at radius 3 is 0.875 bits per heavy atom. The van der Waals surface area contributed by atoms with Gasteiger partial charge in [-0.05, 0) is 41.5 Å². The molecule has 0 heterocycles. The van der Waals surface area contributed by atoms with E-state index in [2.05, 4.69) is 65.8 Å². The van der Waals surface area contributed by atoms with Crippen molar-refractivity contribution >= 4 is 0 Å². The monoisotopic (exact) mass is 560 g/mol. The van der Waals surface area contributed by atoms with E-state index in [-0.39, 0.29) is 48.0 Å². The van der Waals surface area contributed by atoms with Gasteiger partial charge < -0.3 is 56.9 Å². The van der Waals surface area contributed by atoms with E-state index in [1.807, 2.05) is 0 Å². The zero-order chi connectivity index (χ0) is 16.6. The van der Waals surface area contributed by atoms with Gasteiger partial charge in [-0.3, -0.25) is 0 Å². The number of nitrogens with zero attached hydrogens (tertiary/aromatic N) is 2. The van der Waals surface area contributed by atoms with Crippen LogP contribution in [0.3, 0.4) is 0 Å². The molecule has 0 aliphatic carbocycles. The van der Waals surface area contributed by atoms with E-state index in [0.29, 0.717) is 0 Å². The summed E-state index contributed by atoms with van der Waals surface area (Å²) >= 11 is 0. The van der Waals surface area contributed by atoms with Crippen molar-refractivity contribution in [3.63, 3.8) is 0 Å². The molecule has 0 spiro atoms. The third kappa shape index (κ3) is 7.08. The molecule has 0 atom stereocenters. The first-order chi connectivity index (χ1) is 10.5. The Bertz CT molecular complexity index is 366. The number of halogens is 2. The molecule has 24 heavy (non-hydrogen) atoms. The lowest BCUT2D eigenvalue weighted by molar-refractivity contribution is -0.936. The summed E-state index contributed by atoms with van der Waals surface area (Å²) in [6.45, 7) is 23.5. The van der Waals surface area contributed by atoms with Gasteiger partial charge in [0.2, 0.25) is 0 Å². The molecule has 0 N–H and O–H groups in total. The Kier molecular flexibility index (Phi) is 14.4. The van der Waals surface area contributed by atoms with Crippen molar-refractivity contribution < 1.29 is 56.9 Å². The van der Waals surface area contributed by atoms with E-state index in [4.69, 9.17) is 0 Å². The zero-order valence-corrected chi connectivity index (χ0v) is 20.9. The second kappa shape index (κ2) is 12.9. The number of quaternary nitrogens is 2. The Morgan fingerprint density at radius 1 is 0.500 bits per heavy atom. The fraction of sp³-hybridized carbons (Fsp3) is 0.700. The van der Waals surface area contributed by atoms with Crippen LogP contribution in [-0.4, -0.2) is 48.2 Å². The van der Waals surface area contributed by atoms with Gasteiger partial charge >= 0.3 is 0 Å². The quantitative estimate of drug-likeness (QED) is 0.240. The predicted octanol–water partition coefficient (Wildman–Crippen LogP) is -1.55. The van der Waals surface area contributed by atoms with E-state index in [0.717, 1.165) is 0 Å². The zero-order valence-electron chi connectivity index (χ0n) is 16.6. The summed E-state index contributed by atoms with van der Waals surface area (Å²) in [6, 6.07) is 9.44. The SMILES string of the molecule is CC[N+](CC)(CC)Cc1ccc(C[N+](CC)(CC)CC)cc1.[I-].[I-]. The van der Waals surface area contributed by atoms with E-state index in [9.17, 15) is 0 Å². The predicted molar refractivity (Wildman–Crippen MR) is 97.6 cm³/mol. The van der Waals surface area contributed by atoms with Crippen molar-refractivity contribution in [1.29, 1.82) is 0 Å². The smallest absolute Gasteiger partial charge is 0.104 e. The maximum Gasteiger partial charge on any atom is 0.104 e. The number of hydrogen-bond acceptors (Lipinski definition) is 0. The van der Waals surface area contributed by atoms with E-state index in [1.165, 1.54) is 72.5 Å². The first-order valence-electron chi connectivity index (χ1n) is 9.30. The molecule has 0 unspecified atom stereocenters. The van der Waals surface area contributed by atoms with Gasteiger partial charge in [0.1, 0.15) is 13.1 Å². The lowest BCUT2D eigenvalue weighted by Gasteiger charge is -2.36. The third-order valence-corrected chi connectivity index (χ3v) is 6.08. The van der Waals surface area contributed by atoms with Crippen LogP contribution in [0.1, 0.15) is 52.7 Å². The van der Waals surface area contributed by atoms with Crippen molar-refractivity contribution in [3.8, 4) is 0 Å². The van der Waals surface area contributed by atoms with Gasteiger partial charge in [-0.25, -0.2) is 0 Å². The second-order valence-electron chi connectivity index (χ2n) is 6.71. The highest BCUT2D eigenvalue weighted by atomic mass is 127. The minimum atomic E-state index is 0. The van der Waals surface area contributed by atoms with Gasteiger partial charge in [0.15, 0.2) is 0 Å². The molecular formula is C20H38I2N2. The van der Waals surface area contributed by atoms with Gasteiger partial charge in [-0.15, -0.1) is 0 Å². The Morgan fingerprint density at radius 2 is 0.708 bits per heavy atom. The molecule has 0 saturated heterocycles. The molecule has 0 amide bonds. The molecule has 2 nitrogen and oxygen atoms in total. The lowest BCUT2D eigenvalue weighted by atomic mass is 10.1. The maximum absolute atomic E-state index is 2.36. The summed E-state index contributed by atoms with van der Waals surface area (Å²) in [6.07, 6.45) is 0. The lowest BCUT2D eigenvalue weighted by Crippen LogP contribution is -3.00. The van der Waals surface area contributed by atoms with Crippen molar-refractivity contribution in [2.45, 2.75) is 54.6 Å². The molecular weight excluding hydrogens is 522 g/mol. The van der Waals surface area contributed by atoms with Crippen LogP contribution < -0.4 is 48.0 Å². The van der Waals surface area contributed by atoms with Crippen LogP contribution in [0.15, 0.2) is 24.3 Å². The number of benzene rings is 1. The fourth-order valence-electron chi connectivity index (χ4n) is 3.54. The highest BCUT2D eigenvalue weighted by Crippen LogP contribution is 2.18. The van der Waals surface area contributed by atoms with Crippen molar-refractivity contribution in [2.75, 3.05) is 39.3 Å². The van der Waals surface area contributed by atoms with E-state index in [1.54, 1.807) is 0 Å². The molecule has 0 bridgehead atoms. The second-order valence-corrected chi connectivity index (χ2v) is 6.71. The van der Waals surface area contributed by atoms with Crippen molar-refractivity contribution in [3.05, 3.63) is 35.4 Å². The molecule has 0 saturated carbocycles. The molecule has 1 aromatic rings. The summed E-state index contributed by atoms with van der Waals surface area (Å²) in [5.41, 5.74) is 2.97. The summed E-state index contributed by atoms with van der Waals surface area (Å²) < 4.78 is 2.39. The molecule has 4 heteroatoms. The van der Waals surface area contributed by atoms with Crippen molar-refractivity contribution in [2.24, 2.45) is 0 Å². The Balaban J connectivity index is 0. The van der Waals surface area contributed by atoms with E-state index >= 15 is 0 Å². The van der Waals surface area contributed by atoms with Crippen LogP contribution in [-0.2, 0) is 13.1 Å². The van der Waals surface area contributed by atoms with Crippen LogP contribution >= 0.6 is 0 Å². The Hall–Kier alpha value is 0.600. The maximum atomic E-state index is 2.36. The van der Waals surface area contributed by atoms with Gasteiger partial charge in [-0.2, -0.15) is 0 Å². The molecule has 0 aliphatic heterocycles. The summed E-state index contributed by atoms with van der Waals surface area (Å²) in [5, 5.41) is 0. The number of hydrogen-bond donors (Lipinski definition) is 0. The van der Waals surface area contributed by atoms with Crippen LogP contribution in [0.4, 0.5) is 0 Å². The highest BCUT2D eigenvalue weighted by Gasteiger charge is 2.23. The molecule has 1 aromatic carbocycles.